The van der Waals surface area contributed by atoms with Gasteiger partial charge in [-0.05, 0) is 36.8 Å². The summed E-state index contributed by atoms with van der Waals surface area (Å²) >= 11 is 0. The fourth-order valence-corrected chi connectivity index (χ4v) is 2.59. The minimum atomic E-state index is -0.997. The second-order valence-electron chi connectivity index (χ2n) is 6.60. The standard InChI is InChI=1S/C17H22N2O4/c1-9-6-14(15(21)17(2,3)8-13(9)20)23-16(22)11-5-4-10(18)7-12(11)19/h4-7,14-15,21H,8,18-19H2,1-3H3. The van der Waals surface area contributed by atoms with Crippen molar-refractivity contribution in [3.8, 4) is 0 Å². The van der Waals surface area contributed by atoms with Gasteiger partial charge in [0.25, 0.3) is 0 Å². The highest BCUT2D eigenvalue weighted by Gasteiger charge is 2.40. The average molecular weight is 318 g/mol. The van der Waals surface area contributed by atoms with Gasteiger partial charge in [0.1, 0.15) is 12.2 Å². The Balaban J connectivity index is 2.29. The lowest BCUT2D eigenvalue weighted by molar-refractivity contribution is -0.119. The maximum Gasteiger partial charge on any atom is 0.340 e. The fraction of sp³-hybridized carbons (Fsp3) is 0.412. The van der Waals surface area contributed by atoms with Crippen LogP contribution in [0.1, 0.15) is 37.6 Å². The Hall–Kier alpha value is -2.34. The first-order valence-electron chi connectivity index (χ1n) is 7.37. The first kappa shape index (κ1) is 17.0. The molecular weight excluding hydrogens is 296 g/mol. The van der Waals surface area contributed by atoms with Gasteiger partial charge >= 0.3 is 5.97 Å². The van der Waals surface area contributed by atoms with Crippen molar-refractivity contribution in [3.05, 3.63) is 35.4 Å². The fourth-order valence-electron chi connectivity index (χ4n) is 2.59. The number of carbonyl (C=O) groups is 2. The van der Waals surface area contributed by atoms with Crippen LogP contribution in [-0.2, 0) is 9.53 Å². The molecule has 0 heterocycles. The summed E-state index contributed by atoms with van der Waals surface area (Å²) in [6.07, 6.45) is -0.231. The van der Waals surface area contributed by atoms with E-state index in [4.69, 9.17) is 16.2 Å². The maximum absolute atomic E-state index is 12.3. The molecule has 0 spiro atoms. The zero-order valence-electron chi connectivity index (χ0n) is 13.5. The van der Waals surface area contributed by atoms with Crippen molar-refractivity contribution >= 4 is 23.1 Å². The Morgan fingerprint density at radius 3 is 2.61 bits per heavy atom. The van der Waals surface area contributed by atoms with E-state index in [0.29, 0.717) is 11.3 Å². The Kier molecular flexibility index (Phi) is 4.47. The number of benzene rings is 1. The van der Waals surface area contributed by atoms with Crippen molar-refractivity contribution in [1.29, 1.82) is 0 Å². The number of allylic oxidation sites excluding steroid dienone is 1. The number of hydrogen-bond acceptors (Lipinski definition) is 6. The number of hydrogen-bond donors (Lipinski definition) is 3. The summed E-state index contributed by atoms with van der Waals surface area (Å²) in [5, 5.41) is 10.5. The molecule has 0 aliphatic heterocycles. The van der Waals surface area contributed by atoms with E-state index in [1.807, 2.05) is 0 Å². The Morgan fingerprint density at radius 1 is 1.35 bits per heavy atom. The maximum atomic E-state index is 12.3. The van der Waals surface area contributed by atoms with Gasteiger partial charge in [0.15, 0.2) is 5.78 Å². The number of anilines is 2. The van der Waals surface area contributed by atoms with Crippen LogP contribution in [0.25, 0.3) is 0 Å². The van der Waals surface area contributed by atoms with Crippen LogP contribution < -0.4 is 11.5 Å². The minimum Gasteiger partial charge on any atom is -0.452 e. The van der Waals surface area contributed by atoms with Crippen LogP contribution in [0.15, 0.2) is 29.8 Å². The molecule has 2 atom stereocenters. The molecule has 124 valence electrons. The predicted molar refractivity (Wildman–Crippen MR) is 87.6 cm³/mol. The monoisotopic (exact) mass is 318 g/mol. The molecule has 1 aliphatic rings. The van der Waals surface area contributed by atoms with Crippen LogP contribution >= 0.6 is 0 Å². The molecular formula is C17H22N2O4. The summed E-state index contributed by atoms with van der Waals surface area (Å²) in [4.78, 5) is 24.3. The normalized spacial score (nSPS) is 23.8. The van der Waals surface area contributed by atoms with Crippen molar-refractivity contribution in [1.82, 2.24) is 0 Å². The minimum absolute atomic E-state index is 0.0698. The topological polar surface area (TPSA) is 116 Å². The van der Waals surface area contributed by atoms with E-state index in [1.165, 1.54) is 18.2 Å². The molecule has 0 amide bonds. The van der Waals surface area contributed by atoms with E-state index in [0.717, 1.165) is 0 Å². The average Bonchev–Trinajstić information content (AvgIpc) is 2.50. The molecule has 0 bridgehead atoms. The first-order chi connectivity index (χ1) is 10.6. The highest BCUT2D eigenvalue weighted by molar-refractivity contribution is 5.97. The van der Waals surface area contributed by atoms with Crippen LogP contribution in [0.3, 0.4) is 0 Å². The molecule has 1 aromatic carbocycles. The zero-order valence-corrected chi connectivity index (χ0v) is 13.5. The number of rotatable bonds is 2. The lowest BCUT2D eigenvalue weighted by Gasteiger charge is -2.32. The molecule has 2 unspecified atom stereocenters. The molecule has 23 heavy (non-hydrogen) atoms. The van der Waals surface area contributed by atoms with Crippen molar-refractivity contribution in [3.63, 3.8) is 0 Å². The van der Waals surface area contributed by atoms with Gasteiger partial charge in [-0.2, -0.15) is 0 Å². The molecule has 0 fully saturated rings. The van der Waals surface area contributed by atoms with Gasteiger partial charge < -0.3 is 21.3 Å². The SMILES string of the molecule is CC1=CC(OC(=O)c2ccc(N)cc2N)C(O)C(C)(C)CC1=O. The predicted octanol–water partition coefficient (Wildman–Crippen LogP) is 1.68. The van der Waals surface area contributed by atoms with Gasteiger partial charge in [-0.3, -0.25) is 4.79 Å². The molecule has 2 rings (SSSR count). The summed E-state index contributed by atoms with van der Waals surface area (Å²) < 4.78 is 5.41. The quantitative estimate of drug-likeness (QED) is 0.564. The number of esters is 1. The number of ether oxygens (including phenoxy) is 1. The number of ketones is 1. The molecule has 0 saturated heterocycles. The summed E-state index contributed by atoms with van der Waals surface area (Å²) in [6, 6.07) is 4.49. The molecule has 1 aliphatic carbocycles. The largest absolute Gasteiger partial charge is 0.452 e. The van der Waals surface area contributed by atoms with Gasteiger partial charge in [-0.1, -0.05) is 13.8 Å². The Labute approximate surface area is 135 Å². The third-order valence-electron chi connectivity index (χ3n) is 4.12. The van der Waals surface area contributed by atoms with E-state index in [-0.39, 0.29) is 23.5 Å². The van der Waals surface area contributed by atoms with Crippen molar-refractivity contribution in [2.45, 2.75) is 39.4 Å². The first-order valence-corrected chi connectivity index (χ1v) is 7.37. The zero-order chi connectivity index (χ0) is 17.4. The third-order valence-corrected chi connectivity index (χ3v) is 4.12. The van der Waals surface area contributed by atoms with Crippen molar-refractivity contribution in [2.24, 2.45) is 5.41 Å². The lowest BCUT2D eigenvalue weighted by atomic mass is 9.80. The molecule has 6 heteroatoms. The van der Waals surface area contributed by atoms with Crippen molar-refractivity contribution in [2.75, 3.05) is 11.5 Å². The lowest BCUT2D eigenvalue weighted by Crippen LogP contribution is -2.40. The van der Waals surface area contributed by atoms with Crippen molar-refractivity contribution < 1.29 is 19.4 Å². The van der Waals surface area contributed by atoms with Crippen LogP contribution in [0.5, 0.6) is 0 Å². The van der Waals surface area contributed by atoms with Crippen LogP contribution in [-0.4, -0.2) is 29.1 Å². The number of nitrogens with two attached hydrogens (primary N) is 2. The van der Waals surface area contributed by atoms with E-state index in [1.54, 1.807) is 26.8 Å². The van der Waals surface area contributed by atoms with Gasteiger partial charge in [0.05, 0.1) is 5.56 Å². The summed E-state index contributed by atoms with van der Waals surface area (Å²) in [6.45, 7) is 5.18. The van der Waals surface area contributed by atoms with E-state index >= 15 is 0 Å². The van der Waals surface area contributed by atoms with Gasteiger partial charge in [0.2, 0.25) is 0 Å². The number of aliphatic hydroxyl groups excluding tert-OH is 1. The Bertz CT molecular complexity index is 679. The molecule has 0 saturated carbocycles. The summed E-state index contributed by atoms with van der Waals surface area (Å²) in [5.41, 5.74) is 12.0. The Morgan fingerprint density at radius 2 is 2.00 bits per heavy atom. The van der Waals surface area contributed by atoms with Gasteiger partial charge in [-0.25, -0.2) is 4.79 Å². The molecule has 6 nitrogen and oxygen atoms in total. The molecule has 0 aromatic heterocycles. The number of aliphatic hydroxyl groups is 1. The highest BCUT2D eigenvalue weighted by atomic mass is 16.6. The van der Waals surface area contributed by atoms with E-state index < -0.39 is 23.6 Å². The smallest absolute Gasteiger partial charge is 0.340 e. The molecule has 0 radical (unpaired) electrons. The number of Topliss-reactive ketones (excluding diaryl/α,β-unsaturated/α-hetero) is 1. The van der Waals surface area contributed by atoms with E-state index in [2.05, 4.69) is 0 Å². The molecule has 1 aromatic rings. The van der Waals surface area contributed by atoms with Crippen LogP contribution in [0.4, 0.5) is 11.4 Å². The van der Waals surface area contributed by atoms with Gasteiger partial charge in [-0.15, -0.1) is 0 Å². The summed E-state index contributed by atoms with van der Waals surface area (Å²) in [7, 11) is 0. The van der Waals surface area contributed by atoms with Gasteiger partial charge in [0, 0.05) is 23.2 Å². The molecule has 5 N–H and O–H groups in total. The number of carbonyl (C=O) groups excluding carboxylic acids is 2. The summed E-state index contributed by atoms with van der Waals surface area (Å²) in [5.74, 6) is -0.736. The second kappa shape index (κ2) is 6.04. The highest BCUT2D eigenvalue weighted by Crippen LogP contribution is 2.34. The van der Waals surface area contributed by atoms with Crippen LogP contribution in [0, 0.1) is 5.41 Å². The van der Waals surface area contributed by atoms with Crippen LogP contribution in [0.2, 0.25) is 0 Å². The van der Waals surface area contributed by atoms with E-state index in [9.17, 15) is 14.7 Å². The second-order valence-corrected chi connectivity index (χ2v) is 6.60. The third kappa shape index (κ3) is 3.53. The number of nitrogen functional groups attached to an aromatic ring is 2.